The Labute approximate surface area is 144 Å². The van der Waals surface area contributed by atoms with Gasteiger partial charge in [0.25, 0.3) is 5.91 Å². The number of morpholine rings is 1. The molecule has 4 rings (SSSR count). The van der Waals surface area contributed by atoms with Gasteiger partial charge in [-0.2, -0.15) is 0 Å². The van der Waals surface area contributed by atoms with E-state index in [-0.39, 0.29) is 18.1 Å². The summed E-state index contributed by atoms with van der Waals surface area (Å²) >= 11 is 0. The van der Waals surface area contributed by atoms with E-state index in [9.17, 15) is 4.79 Å². The third-order valence-corrected chi connectivity index (χ3v) is 6.09. The van der Waals surface area contributed by atoms with Crippen LogP contribution in [0.1, 0.15) is 32.1 Å². The Morgan fingerprint density at radius 3 is 2.42 bits per heavy atom. The molecule has 0 aromatic heterocycles. The predicted molar refractivity (Wildman–Crippen MR) is 88.8 cm³/mol. The molecular formula is C18H30N2O4. The number of nitrogens with zero attached hydrogens (tertiary/aromatic N) is 2. The van der Waals surface area contributed by atoms with Crippen molar-refractivity contribution in [2.45, 2.75) is 50.4 Å². The van der Waals surface area contributed by atoms with Gasteiger partial charge in [0, 0.05) is 45.4 Å². The van der Waals surface area contributed by atoms with Gasteiger partial charge in [0.05, 0.1) is 19.3 Å². The van der Waals surface area contributed by atoms with Crippen molar-refractivity contribution in [2.24, 2.45) is 5.92 Å². The van der Waals surface area contributed by atoms with E-state index in [1.165, 1.54) is 19.4 Å². The monoisotopic (exact) mass is 338 g/mol. The van der Waals surface area contributed by atoms with E-state index in [0.29, 0.717) is 32.3 Å². The number of hydrogen-bond acceptors (Lipinski definition) is 5. The molecule has 4 aliphatic heterocycles. The Balaban J connectivity index is 1.29. The van der Waals surface area contributed by atoms with E-state index in [0.717, 1.165) is 44.9 Å². The first-order chi connectivity index (χ1) is 11.8. The van der Waals surface area contributed by atoms with Gasteiger partial charge in [0.2, 0.25) is 0 Å². The van der Waals surface area contributed by atoms with Gasteiger partial charge >= 0.3 is 0 Å². The van der Waals surface area contributed by atoms with Crippen molar-refractivity contribution in [2.75, 3.05) is 52.6 Å². The molecule has 6 nitrogen and oxygen atoms in total. The molecule has 24 heavy (non-hydrogen) atoms. The summed E-state index contributed by atoms with van der Waals surface area (Å²) in [4.78, 5) is 17.2. The van der Waals surface area contributed by atoms with Crippen LogP contribution in [0.15, 0.2) is 0 Å². The quantitative estimate of drug-likeness (QED) is 0.765. The smallest absolute Gasteiger partial charge is 0.251 e. The van der Waals surface area contributed by atoms with E-state index in [1.54, 1.807) is 0 Å². The summed E-state index contributed by atoms with van der Waals surface area (Å²) in [6.45, 7) is 6.86. The molecule has 3 atom stereocenters. The molecule has 4 aliphatic rings. The zero-order valence-corrected chi connectivity index (χ0v) is 14.5. The Hall–Kier alpha value is -0.690. The van der Waals surface area contributed by atoms with Crippen molar-refractivity contribution in [3.63, 3.8) is 0 Å². The molecule has 0 aromatic rings. The molecule has 4 heterocycles. The number of carbonyl (C=O) groups is 1. The van der Waals surface area contributed by atoms with Gasteiger partial charge < -0.3 is 19.1 Å². The summed E-state index contributed by atoms with van der Waals surface area (Å²) in [5.41, 5.74) is 0. The summed E-state index contributed by atoms with van der Waals surface area (Å²) in [5, 5.41) is 0. The number of carbonyl (C=O) groups excluding carboxylic acids is 1. The van der Waals surface area contributed by atoms with Crippen molar-refractivity contribution in [3.05, 3.63) is 0 Å². The van der Waals surface area contributed by atoms with Gasteiger partial charge in [-0.25, -0.2) is 0 Å². The van der Waals surface area contributed by atoms with Gasteiger partial charge in [-0.05, 0) is 38.0 Å². The lowest BCUT2D eigenvalue weighted by atomic mass is 9.96. The summed E-state index contributed by atoms with van der Waals surface area (Å²) in [5.74, 6) is 0.949. The first kappa shape index (κ1) is 16.8. The van der Waals surface area contributed by atoms with Crippen LogP contribution in [0.4, 0.5) is 0 Å². The Morgan fingerprint density at radius 2 is 1.62 bits per heavy atom. The third-order valence-electron chi connectivity index (χ3n) is 6.09. The van der Waals surface area contributed by atoms with Crippen LogP contribution in [0.2, 0.25) is 0 Å². The number of likely N-dealkylation sites (tertiary alicyclic amines) is 1. The topological polar surface area (TPSA) is 51.2 Å². The minimum Gasteiger partial charge on any atom is -0.381 e. The highest BCUT2D eigenvalue weighted by Gasteiger charge is 2.43. The van der Waals surface area contributed by atoms with E-state index >= 15 is 0 Å². The fourth-order valence-electron chi connectivity index (χ4n) is 4.67. The molecule has 0 saturated carbocycles. The summed E-state index contributed by atoms with van der Waals surface area (Å²) in [6, 6.07) is 0.515. The van der Waals surface area contributed by atoms with E-state index in [1.807, 2.05) is 4.90 Å². The zero-order chi connectivity index (χ0) is 16.4. The highest BCUT2D eigenvalue weighted by Crippen LogP contribution is 2.33. The fourth-order valence-corrected chi connectivity index (χ4v) is 4.67. The van der Waals surface area contributed by atoms with Gasteiger partial charge in [-0.15, -0.1) is 0 Å². The molecule has 4 fully saturated rings. The number of fused-ring (bicyclic) bond motifs is 1. The number of hydrogen-bond donors (Lipinski definition) is 0. The lowest BCUT2D eigenvalue weighted by molar-refractivity contribution is -0.158. The summed E-state index contributed by atoms with van der Waals surface area (Å²) in [7, 11) is 0. The van der Waals surface area contributed by atoms with Crippen molar-refractivity contribution in [3.8, 4) is 0 Å². The van der Waals surface area contributed by atoms with E-state index < -0.39 is 0 Å². The van der Waals surface area contributed by atoms with Crippen LogP contribution < -0.4 is 0 Å². The first-order valence-corrected chi connectivity index (χ1v) is 9.65. The second-order valence-electron chi connectivity index (χ2n) is 7.58. The minimum atomic E-state index is -0.229. The van der Waals surface area contributed by atoms with Crippen LogP contribution in [-0.2, 0) is 19.0 Å². The maximum absolute atomic E-state index is 12.7. The second-order valence-corrected chi connectivity index (χ2v) is 7.58. The molecule has 0 spiro atoms. The molecule has 0 aromatic carbocycles. The Morgan fingerprint density at radius 1 is 0.875 bits per heavy atom. The molecular weight excluding hydrogens is 308 g/mol. The molecule has 6 heteroatoms. The zero-order valence-electron chi connectivity index (χ0n) is 14.5. The molecule has 1 amide bonds. The number of ether oxygens (including phenoxy) is 3. The third kappa shape index (κ3) is 3.62. The number of rotatable bonds is 3. The van der Waals surface area contributed by atoms with Crippen molar-refractivity contribution < 1.29 is 19.0 Å². The van der Waals surface area contributed by atoms with Crippen molar-refractivity contribution in [1.82, 2.24) is 9.80 Å². The summed E-state index contributed by atoms with van der Waals surface area (Å²) < 4.78 is 17.1. The minimum absolute atomic E-state index is 0.180. The van der Waals surface area contributed by atoms with Crippen LogP contribution in [0, 0.1) is 5.92 Å². The maximum atomic E-state index is 12.7. The maximum Gasteiger partial charge on any atom is 0.251 e. The largest absolute Gasteiger partial charge is 0.381 e. The van der Waals surface area contributed by atoms with Crippen LogP contribution in [0.5, 0.6) is 0 Å². The van der Waals surface area contributed by atoms with Gasteiger partial charge in [0.1, 0.15) is 6.10 Å². The SMILES string of the molecule is O=C([C@@H]1CC[C@H]2[C@H](CCN2CC2CCOCC2)O1)N1CCOCC1. The van der Waals surface area contributed by atoms with Crippen molar-refractivity contribution in [1.29, 1.82) is 0 Å². The normalized spacial score (nSPS) is 35.8. The average Bonchev–Trinajstić information content (AvgIpc) is 3.05. The second kappa shape index (κ2) is 7.68. The first-order valence-electron chi connectivity index (χ1n) is 9.65. The standard InChI is InChI=1S/C18H30N2O4/c21-18(19-7-11-23-12-8-19)17-2-1-15-16(24-17)3-6-20(15)13-14-4-9-22-10-5-14/h14-17H,1-13H2/t15-,16-,17-/m0/s1. The Bertz CT molecular complexity index is 435. The number of amides is 1. The molecule has 4 saturated heterocycles. The fraction of sp³-hybridized carbons (Fsp3) is 0.944. The highest BCUT2D eigenvalue weighted by atomic mass is 16.5. The van der Waals surface area contributed by atoms with E-state index in [4.69, 9.17) is 14.2 Å². The van der Waals surface area contributed by atoms with Crippen LogP contribution in [0.3, 0.4) is 0 Å². The van der Waals surface area contributed by atoms with Crippen LogP contribution >= 0.6 is 0 Å². The molecule has 0 bridgehead atoms. The van der Waals surface area contributed by atoms with Gasteiger partial charge in [-0.3, -0.25) is 9.69 Å². The molecule has 0 radical (unpaired) electrons. The summed E-state index contributed by atoms with van der Waals surface area (Å²) in [6.07, 6.45) is 5.41. The van der Waals surface area contributed by atoms with Crippen molar-refractivity contribution >= 4 is 5.91 Å². The average molecular weight is 338 g/mol. The lowest BCUT2D eigenvalue weighted by Crippen LogP contribution is -2.51. The van der Waals surface area contributed by atoms with Gasteiger partial charge in [-0.1, -0.05) is 0 Å². The Kier molecular flexibility index (Phi) is 5.37. The lowest BCUT2D eigenvalue weighted by Gasteiger charge is -2.39. The van der Waals surface area contributed by atoms with Gasteiger partial charge in [0.15, 0.2) is 0 Å². The highest BCUT2D eigenvalue weighted by molar-refractivity contribution is 5.81. The van der Waals surface area contributed by atoms with E-state index in [2.05, 4.69) is 4.90 Å². The predicted octanol–water partition coefficient (Wildman–Crippen LogP) is 0.894. The van der Waals surface area contributed by atoms with Crippen LogP contribution in [0.25, 0.3) is 0 Å². The molecule has 136 valence electrons. The molecule has 0 aliphatic carbocycles. The molecule has 0 unspecified atom stereocenters. The van der Waals surface area contributed by atoms with Crippen LogP contribution in [-0.4, -0.2) is 86.6 Å². The molecule has 0 N–H and O–H groups in total.